The maximum atomic E-state index is 12.2. The van der Waals surface area contributed by atoms with Crippen molar-refractivity contribution >= 4 is 5.78 Å². The molecule has 0 radical (unpaired) electrons. The second-order valence-corrected chi connectivity index (χ2v) is 5.82. The van der Waals surface area contributed by atoms with E-state index in [0.717, 1.165) is 11.4 Å². The molecule has 1 aliphatic carbocycles. The zero-order valence-electron chi connectivity index (χ0n) is 12.2. The van der Waals surface area contributed by atoms with Crippen molar-refractivity contribution in [3.8, 4) is 6.07 Å². The summed E-state index contributed by atoms with van der Waals surface area (Å²) in [6.45, 7) is 5.58. The van der Waals surface area contributed by atoms with Crippen LogP contribution >= 0.6 is 0 Å². The molecule has 0 saturated heterocycles. The Morgan fingerprint density at radius 1 is 1.40 bits per heavy atom. The van der Waals surface area contributed by atoms with Crippen LogP contribution in [0, 0.1) is 23.7 Å². The maximum Gasteiger partial charge on any atom is 0.178 e. The molecule has 0 spiro atoms. The average Bonchev–Trinajstić information content (AvgIpc) is 2.41. The van der Waals surface area contributed by atoms with E-state index in [1.165, 1.54) is 0 Å². The van der Waals surface area contributed by atoms with Crippen LogP contribution in [0.5, 0.6) is 0 Å². The molecule has 4 heteroatoms. The second-order valence-electron chi connectivity index (χ2n) is 5.82. The highest BCUT2D eigenvalue weighted by Crippen LogP contribution is 2.44. The van der Waals surface area contributed by atoms with Crippen LogP contribution < -0.4 is 0 Å². The predicted octanol–water partition coefficient (Wildman–Crippen LogP) is 2.68. The van der Waals surface area contributed by atoms with Gasteiger partial charge in [0.05, 0.1) is 11.3 Å². The van der Waals surface area contributed by atoms with E-state index in [9.17, 15) is 10.1 Å². The standard InChI is InChI=1S/C16H18N2O2/c1-11-6-5-7-13(18-11)16(20-4)8-12(9-17)14(19)15(2,3)10-16/h5-8H,10H2,1-4H3. The molecule has 2 rings (SSSR count). The Balaban J connectivity index is 2.64. The maximum absolute atomic E-state index is 12.2. The van der Waals surface area contributed by atoms with Gasteiger partial charge in [-0.2, -0.15) is 5.26 Å². The monoisotopic (exact) mass is 270 g/mol. The van der Waals surface area contributed by atoms with Gasteiger partial charge in [0.15, 0.2) is 5.78 Å². The molecule has 0 bridgehead atoms. The fourth-order valence-corrected chi connectivity index (χ4v) is 2.71. The highest BCUT2D eigenvalue weighted by Gasteiger charge is 2.47. The number of rotatable bonds is 2. The molecule has 0 N–H and O–H groups in total. The van der Waals surface area contributed by atoms with Crippen LogP contribution in [0.2, 0.25) is 0 Å². The number of allylic oxidation sites excluding steroid dienone is 1. The quantitative estimate of drug-likeness (QED) is 0.828. The minimum atomic E-state index is -0.825. The van der Waals surface area contributed by atoms with Gasteiger partial charge < -0.3 is 4.74 Å². The number of hydrogen-bond donors (Lipinski definition) is 0. The van der Waals surface area contributed by atoms with Crippen LogP contribution in [0.25, 0.3) is 0 Å². The Kier molecular flexibility index (Phi) is 3.49. The van der Waals surface area contributed by atoms with Crippen molar-refractivity contribution < 1.29 is 9.53 Å². The molecule has 4 nitrogen and oxygen atoms in total. The first-order chi connectivity index (χ1) is 9.34. The molecule has 1 heterocycles. The molecule has 20 heavy (non-hydrogen) atoms. The van der Waals surface area contributed by atoms with Gasteiger partial charge >= 0.3 is 0 Å². The zero-order chi connectivity index (χ0) is 15.0. The largest absolute Gasteiger partial charge is 0.368 e. The summed E-state index contributed by atoms with van der Waals surface area (Å²) in [5, 5.41) is 9.21. The molecule has 1 atom stereocenters. The smallest absolute Gasteiger partial charge is 0.178 e. The van der Waals surface area contributed by atoms with Crippen LogP contribution in [0.1, 0.15) is 31.7 Å². The lowest BCUT2D eigenvalue weighted by Crippen LogP contribution is -2.42. The Bertz CT molecular complexity index is 626. The van der Waals surface area contributed by atoms with Gasteiger partial charge in [0.2, 0.25) is 0 Å². The minimum Gasteiger partial charge on any atom is -0.368 e. The summed E-state index contributed by atoms with van der Waals surface area (Å²) in [6.07, 6.45) is 2.08. The second kappa shape index (κ2) is 4.84. The number of ether oxygens (including phenoxy) is 1. The summed E-state index contributed by atoms with van der Waals surface area (Å²) in [7, 11) is 1.58. The highest BCUT2D eigenvalue weighted by atomic mass is 16.5. The Morgan fingerprint density at radius 2 is 2.10 bits per heavy atom. The van der Waals surface area contributed by atoms with Gasteiger partial charge in [-0.1, -0.05) is 19.9 Å². The fraction of sp³-hybridized carbons (Fsp3) is 0.438. The summed E-state index contributed by atoms with van der Waals surface area (Å²) in [5.41, 5.74) is 0.274. The third-order valence-corrected chi connectivity index (χ3v) is 3.75. The molecule has 0 aliphatic heterocycles. The summed E-state index contributed by atoms with van der Waals surface area (Å²) in [5.74, 6) is -0.139. The first-order valence-electron chi connectivity index (χ1n) is 6.52. The number of nitriles is 1. The number of ketones is 1. The number of aryl methyl sites for hydroxylation is 1. The number of aromatic nitrogens is 1. The SMILES string of the molecule is COC1(c2cccc(C)n2)C=C(C#N)C(=O)C(C)(C)C1. The minimum absolute atomic E-state index is 0.139. The van der Waals surface area contributed by atoms with Crippen molar-refractivity contribution in [3.63, 3.8) is 0 Å². The van der Waals surface area contributed by atoms with Crippen LogP contribution in [-0.2, 0) is 15.1 Å². The van der Waals surface area contributed by atoms with Gasteiger partial charge in [-0.25, -0.2) is 0 Å². The van der Waals surface area contributed by atoms with Gasteiger partial charge in [0.1, 0.15) is 11.7 Å². The van der Waals surface area contributed by atoms with E-state index >= 15 is 0 Å². The lowest BCUT2D eigenvalue weighted by molar-refractivity contribution is -0.128. The summed E-state index contributed by atoms with van der Waals surface area (Å²) in [4.78, 5) is 16.7. The summed E-state index contributed by atoms with van der Waals surface area (Å²) in [6, 6.07) is 7.66. The molecule has 104 valence electrons. The molecule has 1 unspecified atom stereocenters. The highest BCUT2D eigenvalue weighted by molar-refractivity contribution is 6.03. The molecule has 0 aromatic carbocycles. The van der Waals surface area contributed by atoms with Gasteiger partial charge in [-0.3, -0.25) is 9.78 Å². The van der Waals surface area contributed by atoms with Crippen LogP contribution in [-0.4, -0.2) is 17.9 Å². The third kappa shape index (κ3) is 2.25. The molecule has 0 fully saturated rings. The van der Waals surface area contributed by atoms with Crippen molar-refractivity contribution in [1.82, 2.24) is 4.98 Å². The van der Waals surface area contributed by atoms with E-state index in [1.54, 1.807) is 13.2 Å². The summed E-state index contributed by atoms with van der Waals surface area (Å²) < 4.78 is 5.69. The van der Waals surface area contributed by atoms with Crippen LogP contribution in [0.15, 0.2) is 29.8 Å². The molecular weight excluding hydrogens is 252 g/mol. The van der Waals surface area contributed by atoms with E-state index < -0.39 is 11.0 Å². The van der Waals surface area contributed by atoms with Gasteiger partial charge in [0, 0.05) is 18.2 Å². The fourth-order valence-electron chi connectivity index (χ4n) is 2.71. The molecule has 1 aliphatic rings. The molecule has 0 saturated carbocycles. The Morgan fingerprint density at radius 3 is 2.65 bits per heavy atom. The third-order valence-electron chi connectivity index (χ3n) is 3.75. The number of hydrogen-bond acceptors (Lipinski definition) is 4. The zero-order valence-corrected chi connectivity index (χ0v) is 12.2. The van der Waals surface area contributed by atoms with Crippen molar-refractivity contribution in [2.24, 2.45) is 5.41 Å². The predicted molar refractivity (Wildman–Crippen MR) is 74.8 cm³/mol. The summed E-state index contributed by atoms with van der Waals surface area (Å²) >= 11 is 0. The van der Waals surface area contributed by atoms with E-state index in [-0.39, 0.29) is 11.4 Å². The first kappa shape index (κ1) is 14.4. The number of nitrogens with zero attached hydrogens (tertiary/aromatic N) is 2. The van der Waals surface area contributed by atoms with Crippen molar-refractivity contribution in [1.29, 1.82) is 5.26 Å². The van der Waals surface area contributed by atoms with Crippen molar-refractivity contribution in [2.75, 3.05) is 7.11 Å². The van der Waals surface area contributed by atoms with Crippen LogP contribution in [0.3, 0.4) is 0 Å². The van der Waals surface area contributed by atoms with E-state index in [4.69, 9.17) is 4.74 Å². The number of methoxy groups -OCH3 is 1. The van der Waals surface area contributed by atoms with Gasteiger partial charge in [0.25, 0.3) is 0 Å². The average molecular weight is 270 g/mol. The number of Topliss-reactive ketones (excluding diaryl/α,β-unsaturated/α-hetero) is 1. The first-order valence-corrected chi connectivity index (χ1v) is 6.52. The lowest BCUT2D eigenvalue weighted by atomic mass is 9.68. The van der Waals surface area contributed by atoms with Crippen molar-refractivity contribution in [3.05, 3.63) is 41.2 Å². The number of carbonyl (C=O) groups is 1. The number of carbonyl (C=O) groups excluding carboxylic acids is 1. The molecule has 0 amide bonds. The number of pyridine rings is 1. The Labute approximate surface area is 119 Å². The van der Waals surface area contributed by atoms with E-state index in [2.05, 4.69) is 4.98 Å². The van der Waals surface area contributed by atoms with Gasteiger partial charge in [-0.05, 0) is 31.6 Å². The van der Waals surface area contributed by atoms with Crippen LogP contribution in [0.4, 0.5) is 0 Å². The normalized spacial score (nSPS) is 24.9. The van der Waals surface area contributed by atoms with E-state index in [1.807, 2.05) is 45.0 Å². The lowest BCUT2D eigenvalue weighted by Gasteiger charge is -2.39. The van der Waals surface area contributed by atoms with Gasteiger partial charge in [-0.15, -0.1) is 0 Å². The van der Waals surface area contributed by atoms with Crippen molar-refractivity contribution in [2.45, 2.75) is 32.8 Å². The Hall–Kier alpha value is -1.99. The molecular formula is C16H18N2O2. The molecule has 1 aromatic rings. The topological polar surface area (TPSA) is 63.0 Å². The molecule has 1 aromatic heterocycles. The van der Waals surface area contributed by atoms with E-state index in [0.29, 0.717) is 6.42 Å².